The van der Waals surface area contributed by atoms with Crippen molar-refractivity contribution in [1.82, 2.24) is 5.32 Å². The number of carbonyl (C=O) groups is 1. The lowest BCUT2D eigenvalue weighted by atomic mass is 9.95. The molecule has 18 heavy (non-hydrogen) atoms. The molecule has 5 heteroatoms. The molecule has 0 heterocycles. The van der Waals surface area contributed by atoms with Gasteiger partial charge in [0.1, 0.15) is 5.54 Å². The summed E-state index contributed by atoms with van der Waals surface area (Å²) < 4.78 is 9.87. The molecule has 0 amide bonds. The van der Waals surface area contributed by atoms with Crippen LogP contribution in [0.2, 0.25) is 0 Å². The molecule has 0 bridgehead atoms. The predicted molar refractivity (Wildman–Crippen MR) is 77.1 cm³/mol. The summed E-state index contributed by atoms with van der Waals surface area (Å²) in [6.07, 6.45) is 1.78. The van der Waals surface area contributed by atoms with E-state index in [1.165, 1.54) is 7.11 Å². The molecule has 0 fully saturated rings. The monoisotopic (exact) mass is 277 g/mol. The van der Waals surface area contributed by atoms with Crippen LogP contribution in [0.25, 0.3) is 0 Å². The number of thioether (sulfide) groups is 1. The second-order valence-corrected chi connectivity index (χ2v) is 6.06. The SMILES string of the molecule is COCCSCCCC(C)(NC(C)C)C(=O)OC. The van der Waals surface area contributed by atoms with Gasteiger partial charge in [-0.05, 0) is 39.4 Å². The van der Waals surface area contributed by atoms with E-state index < -0.39 is 5.54 Å². The van der Waals surface area contributed by atoms with Gasteiger partial charge in [0.25, 0.3) is 0 Å². The van der Waals surface area contributed by atoms with E-state index in [0.717, 1.165) is 31.0 Å². The molecule has 0 aliphatic carbocycles. The van der Waals surface area contributed by atoms with Crippen LogP contribution in [0.1, 0.15) is 33.6 Å². The zero-order valence-electron chi connectivity index (χ0n) is 12.2. The fourth-order valence-corrected chi connectivity index (χ4v) is 2.70. The normalized spacial score (nSPS) is 14.6. The summed E-state index contributed by atoms with van der Waals surface area (Å²) in [4.78, 5) is 11.8. The molecule has 0 aliphatic heterocycles. The van der Waals surface area contributed by atoms with Crippen LogP contribution < -0.4 is 5.32 Å². The number of ether oxygens (including phenoxy) is 2. The van der Waals surface area contributed by atoms with Gasteiger partial charge in [-0.1, -0.05) is 0 Å². The molecule has 0 aromatic carbocycles. The minimum absolute atomic E-state index is 0.182. The van der Waals surface area contributed by atoms with Gasteiger partial charge in [-0.2, -0.15) is 11.8 Å². The maximum absolute atomic E-state index is 11.8. The van der Waals surface area contributed by atoms with Crippen molar-refractivity contribution < 1.29 is 14.3 Å². The lowest BCUT2D eigenvalue weighted by Gasteiger charge is -2.30. The van der Waals surface area contributed by atoms with E-state index in [9.17, 15) is 4.79 Å². The maximum Gasteiger partial charge on any atom is 0.325 e. The Labute approximate surface area is 115 Å². The van der Waals surface area contributed by atoms with Gasteiger partial charge in [-0.3, -0.25) is 10.1 Å². The van der Waals surface area contributed by atoms with Crippen LogP contribution in [0, 0.1) is 0 Å². The number of rotatable bonds is 10. The highest BCUT2D eigenvalue weighted by Crippen LogP contribution is 2.17. The molecule has 1 unspecified atom stereocenters. The van der Waals surface area contributed by atoms with Gasteiger partial charge in [-0.25, -0.2) is 0 Å². The third kappa shape index (κ3) is 7.24. The highest BCUT2D eigenvalue weighted by Gasteiger charge is 2.33. The average molecular weight is 277 g/mol. The quantitative estimate of drug-likeness (QED) is 0.489. The number of esters is 1. The number of methoxy groups -OCH3 is 2. The van der Waals surface area contributed by atoms with E-state index in [1.54, 1.807) is 7.11 Å². The highest BCUT2D eigenvalue weighted by atomic mass is 32.2. The van der Waals surface area contributed by atoms with E-state index in [4.69, 9.17) is 9.47 Å². The fraction of sp³-hybridized carbons (Fsp3) is 0.923. The molecule has 4 nitrogen and oxygen atoms in total. The first-order chi connectivity index (χ1) is 8.46. The van der Waals surface area contributed by atoms with Crippen molar-refractivity contribution in [2.45, 2.75) is 45.2 Å². The molecule has 0 aliphatic rings. The molecular weight excluding hydrogens is 250 g/mol. The third-order valence-electron chi connectivity index (χ3n) is 2.64. The van der Waals surface area contributed by atoms with Crippen LogP contribution in [-0.4, -0.2) is 49.9 Å². The molecule has 1 N–H and O–H groups in total. The Balaban J connectivity index is 4.05. The van der Waals surface area contributed by atoms with Gasteiger partial charge >= 0.3 is 5.97 Å². The number of hydrogen-bond acceptors (Lipinski definition) is 5. The van der Waals surface area contributed by atoms with Gasteiger partial charge in [0.05, 0.1) is 13.7 Å². The van der Waals surface area contributed by atoms with Gasteiger partial charge < -0.3 is 9.47 Å². The Hall–Kier alpha value is -0.260. The molecule has 1 atom stereocenters. The minimum atomic E-state index is -0.579. The summed E-state index contributed by atoms with van der Waals surface area (Å²) in [5.41, 5.74) is -0.579. The highest BCUT2D eigenvalue weighted by molar-refractivity contribution is 7.99. The van der Waals surface area contributed by atoms with Crippen molar-refractivity contribution in [1.29, 1.82) is 0 Å². The van der Waals surface area contributed by atoms with Crippen molar-refractivity contribution in [2.24, 2.45) is 0 Å². The third-order valence-corrected chi connectivity index (χ3v) is 3.67. The fourth-order valence-electron chi connectivity index (χ4n) is 1.87. The summed E-state index contributed by atoms with van der Waals surface area (Å²) in [7, 11) is 3.15. The summed E-state index contributed by atoms with van der Waals surface area (Å²) in [6.45, 7) is 6.77. The topological polar surface area (TPSA) is 47.6 Å². The van der Waals surface area contributed by atoms with E-state index in [-0.39, 0.29) is 12.0 Å². The Kier molecular flexibility index (Phi) is 9.50. The minimum Gasteiger partial charge on any atom is -0.468 e. The molecular formula is C13H27NO3S. The molecule has 0 saturated carbocycles. The Morgan fingerprint density at radius 2 is 2.00 bits per heavy atom. The Morgan fingerprint density at radius 3 is 2.50 bits per heavy atom. The van der Waals surface area contributed by atoms with Gasteiger partial charge in [0, 0.05) is 18.9 Å². The van der Waals surface area contributed by atoms with Crippen molar-refractivity contribution in [3.8, 4) is 0 Å². The van der Waals surface area contributed by atoms with Gasteiger partial charge in [-0.15, -0.1) is 0 Å². The first kappa shape index (κ1) is 17.7. The lowest BCUT2D eigenvalue weighted by molar-refractivity contribution is -0.148. The first-order valence-corrected chi connectivity index (χ1v) is 7.54. The number of hydrogen-bond donors (Lipinski definition) is 1. The summed E-state index contributed by atoms with van der Waals surface area (Å²) in [6, 6.07) is 0.259. The van der Waals surface area contributed by atoms with Crippen molar-refractivity contribution >= 4 is 17.7 Å². The summed E-state index contributed by atoms with van der Waals surface area (Å²) >= 11 is 1.85. The standard InChI is InChI=1S/C13H27NO3S/c1-11(2)14-13(3,12(15)17-5)7-6-9-18-10-8-16-4/h11,14H,6-10H2,1-5H3. The Morgan fingerprint density at radius 1 is 1.33 bits per heavy atom. The van der Waals surface area contributed by atoms with Crippen LogP contribution in [0.4, 0.5) is 0 Å². The van der Waals surface area contributed by atoms with Gasteiger partial charge in [0.15, 0.2) is 0 Å². The number of carbonyl (C=O) groups excluding carboxylic acids is 1. The zero-order valence-corrected chi connectivity index (χ0v) is 13.1. The molecule has 0 spiro atoms. The van der Waals surface area contributed by atoms with Crippen molar-refractivity contribution in [3.63, 3.8) is 0 Å². The Bertz CT molecular complexity index is 236. The summed E-state index contributed by atoms with van der Waals surface area (Å²) in [5.74, 6) is 1.86. The van der Waals surface area contributed by atoms with Crippen LogP contribution in [0.5, 0.6) is 0 Å². The predicted octanol–water partition coefficient (Wildman–Crippen LogP) is 2.08. The first-order valence-electron chi connectivity index (χ1n) is 6.39. The largest absolute Gasteiger partial charge is 0.468 e. The molecule has 108 valence electrons. The van der Waals surface area contributed by atoms with Crippen molar-refractivity contribution in [3.05, 3.63) is 0 Å². The van der Waals surface area contributed by atoms with E-state index in [1.807, 2.05) is 32.5 Å². The van der Waals surface area contributed by atoms with Crippen LogP contribution in [0.15, 0.2) is 0 Å². The number of nitrogens with one attached hydrogen (secondary N) is 1. The zero-order chi connectivity index (χ0) is 14.0. The lowest BCUT2D eigenvalue weighted by Crippen LogP contribution is -2.53. The van der Waals surface area contributed by atoms with E-state index in [0.29, 0.717) is 0 Å². The average Bonchev–Trinajstić information content (AvgIpc) is 2.31. The van der Waals surface area contributed by atoms with Crippen molar-refractivity contribution in [2.75, 3.05) is 32.3 Å². The smallest absolute Gasteiger partial charge is 0.325 e. The van der Waals surface area contributed by atoms with Crippen LogP contribution in [0.3, 0.4) is 0 Å². The molecule has 0 aromatic rings. The molecule has 0 radical (unpaired) electrons. The van der Waals surface area contributed by atoms with Crippen LogP contribution in [-0.2, 0) is 14.3 Å². The van der Waals surface area contributed by atoms with Gasteiger partial charge in [0.2, 0.25) is 0 Å². The summed E-state index contributed by atoms with van der Waals surface area (Å²) in [5, 5.41) is 3.30. The molecule has 0 saturated heterocycles. The molecule has 0 aromatic heterocycles. The van der Waals surface area contributed by atoms with Crippen LogP contribution >= 0.6 is 11.8 Å². The van der Waals surface area contributed by atoms with E-state index >= 15 is 0 Å². The van der Waals surface area contributed by atoms with E-state index in [2.05, 4.69) is 5.32 Å². The molecule has 0 rings (SSSR count). The second kappa shape index (κ2) is 9.64. The maximum atomic E-state index is 11.8. The second-order valence-electron chi connectivity index (χ2n) is 4.83.